The predicted molar refractivity (Wildman–Crippen MR) is 148 cm³/mol. The lowest BCUT2D eigenvalue weighted by molar-refractivity contribution is -0.388. The van der Waals surface area contributed by atoms with Crippen LogP contribution in [0.3, 0.4) is 0 Å². The van der Waals surface area contributed by atoms with Gasteiger partial charge in [-0.25, -0.2) is 4.79 Å². The van der Waals surface area contributed by atoms with Crippen LogP contribution in [0.5, 0.6) is 0 Å². The van der Waals surface area contributed by atoms with Gasteiger partial charge in [-0.15, -0.1) is 0 Å². The van der Waals surface area contributed by atoms with Gasteiger partial charge < -0.3 is 19.3 Å². The van der Waals surface area contributed by atoms with E-state index in [2.05, 4.69) is 17.9 Å². The number of carbonyl (C=O) groups excluding carboxylic acids is 2. The minimum absolute atomic E-state index is 0.0321. The maximum absolute atomic E-state index is 14.2. The number of carbonyl (C=O) groups is 2. The molecule has 0 aromatic carbocycles. The number of halogens is 12. The molecule has 4 aliphatic rings. The van der Waals surface area contributed by atoms with Gasteiger partial charge in [0.25, 0.3) is 5.60 Å². The second-order valence-electron chi connectivity index (χ2n) is 14.1. The first-order chi connectivity index (χ1) is 22.9. The fourth-order valence-corrected chi connectivity index (χ4v) is 8.75. The van der Waals surface area contributed by atoms with Gasteiger partial charge in [-0.1, -0.05) is 13.2 Å². The summed E-state index contributed by atoms with van der Waals surface area (Å²) in [5.41, 5.74) is -10.3. The van der Waals surface area contributed by atoms with Gasteiger partial charge >= 0.3 is 42.2 Å². The van der Waals surface area contributed by atoms with Crippen LogP contribution < -0.4 is 0 Å². The highest BCUT2D eigenvalue weighted by molar-refractivity contribution is 5.88. The predicted octanol–water partition coefficient (Wildman–Crippen LogP) is 8.54. The van der Waals surface area contributed by atoms with E-state index >= 15 is 0 Å². The molecule has 8 unspecified atom stereocenters. The molecule has 1 N–H and O–H groups in total. The molecule has 0 aromatic heterocycles. The molecule has 0 radical (unpaired) electrons. The van der Waals surface area contributed by atoms with Crippen molar-refractivity contribution >= 4 is 11.9 Å². The molecule has 4 saturated carbocycles. The molecule has 2 bridgehead atoms. The van der Waals surface area contributed by atoms with Crippen LogP contribution in [0.15, 0.2) is 25.0 Å². The van der Waals surface area contributed by atoms with Crippen LogP contribution in [0.4, 0.5) is 52.7 Å². The summed E-state index contributed by atoms with van der Waals surface area (Å²) in [7, 11) is 0. The van der Waals surface area contributed by atoms with Crippen LogP contribution in [0.25, 0.3) is 0 Å². The van der Waals surface area contributed by atoms with E-state index in [-0.39, 0.29) is 44.1 Å². The van der Waals surface area contributed by atoms with E-state index in [0.29, 0.717) is 12.8 Å². The molecule has 0 aromatic rings. The molecule has 0 heterocycles. The number of esters is 2. The van der Waals surface area contributed by atoms with Crippen LogP contribution >= 0.6 is 0 Å². The third kappa shape index (κ3) is 7.59. The standard InChI is InChI=1S/C32H38F12O6/c1-3-48-15-21-12-18-10-19(21)11-20(18)14-27(29(33,34)35,30(36,37)38)50-25(45)9-4-16(2)26(46)49-24-8-5-17-13-22(6-7-23(17)24)28(47,31(39,40)41)32(42,43)44/h3,17-24,47H,1-2,4-15H2. The van der Waals surface area contributed by atoms with Crippen LogP contribution in [0, 0.1) is 41.4 Å². The van der Waals surface area contributed by atoms with Crippen molar-refractivity contribution in [2.24, 2.45) is 41.4 Å². The molecule has 8 atom stereocenters. The van der Waals surface area contributed by atoms with Crippen LogP contribution in [-0.4, -0.2) is 65.7 Å². The molecule has 0 saturated heterocycles. The lowest BCUT2D eigenvalue weighted by atomic mass is 9.68. The van der Waals surface area contributed by atoms with Crippen molar-refractivity contribution in [1.29, 1.82) is 0 Å². The van der Waals surface area contributed by atoms with Crippen LogP contribution in [-0.2, 0) is 23.8 Å². The minimum Gasteiger partial charge on any atom is -0.502 e. The van der Waals surface area contributed by atoms with E-state index in [9.17, 15) is 67.4 Å². The first-order valence-corrected chi connectivity index (χ1v) is 16.2. The molecule has 4 fully saturated rings. The summed E-state index contributed by atoms with van der Waals surface area (Å²) in [5, 5.41) is 9.79. The lowest BCUT2D eigenvalue weighted by Crippen LogP contribution is -2.62. The van der Waals surface area contributed by atoms with Gasteiger partial charge in [-0.2, -0.15) is 52.7 Å². The Bertz CT molecular complexity index is 1240. The number of rotatable bonds is 12. The SMILES string of the molecule is C=COCC1CC2CC1CC2CC(OC(=O)CCC(=C)C(=O)OC1CCC2CC(C(O)(C(F)(F)F)C(F)(F)F)CCC21)(C(F)(F)F)C(F)(F)F. The number of ether oxygens (including phenoxy) is 3. The van der Waals surface area contributed by atoms with Crippen LogP contribution in [0.1, 0.15) is 70.6 Å². The lowest BCUT2D eigenvalue weighted by Gasteiger charge is -2.43. The smallest absolute Gasteiger partial charge is 0.437 e. The monoisotopic (exact) mass is 746 g/mol. The first-order valence-electron chi connectivity index (χ1n) is 16.2. The third-order valence-electron chi connectivity index (χ3n) is 11.3. The highest BCUT2D eigenvalue weighted by atomic mass is 19.4. The number of aliphatic hydroxyl groups is 1. The zero-order valence-electron chi connectivity index (χ0n) is 26.6. The molecular formula is C32H38F12O6. The molecule has 0 spiro atoms. The Balaban J connectivity index is 1.34. The zero-order chi connectivity index (χ0) is 37.7. The number of alkyl halides is 12. The van der Waals surface area contributed by atoms with E-state index in [1.807, 2.05) is 0 Å². The molecule has 286 valence electrons. The van der Waals surface area contributed by atoms with Gasteiger partial charge in [0.1, 0.15) is 6.10 Å². The Morgan fingerprint density at radius 1 is 0.720 bits per heavy atom. The fraction of sp³-hybridized carbons (Fsp3) is 0.812. The Hall–Kier alpha value is -2.66. The number of hydrogen-bond donors (Lipinski definition) is 1. The minimum atomic E-state index is -6.03. The molecule has 0 aliphatic heterocycles. The molecule has 0 amide bonds. The van der Waals surface area contributed by atoms with Crippen LogP contribution in [0.2, 0.25) is 0 Å². The van der Waals surface area contributed by atoms with Gasteiger partial charge in [0.2, 0.25) is 0 Å². The van der Waals surface area contributed by atoms with E-state index < -0.39 is 121 Å². The summed E-state index contributed by atoms with van der Waals surface area (Å²) in [6, 6.07) is 0. The summed E-state index contributed by atoms with van der Waals surface area (Å²) in [4.78, 5) is 25.2. The summed E-state index contributed by atoms with van der Waals surface area (Å²) in [5.74, 6) is -8.46. The second-order valence-corrected chi connectivity index (χ2v) is 14.1. The molecule has 4 rings (SSSR count). The molecular weight excluding hydrogens is 708 g/mol. The average molecular weight is 747 g/mol. The van der Waals surface area contributed by atoms with Crippen molar-refractivity contribution < 1.29 is 81.6 Å². The van der Waals surface area contributed by atoms with Gasteiger partial charge in [0.15, 0.2) is 0 Å². The summed E-state index contributed by atoms with van der Waals surface area (Å²) >= 11 is 0. The fourth-order valence-electron chi connectivity index (χ4n) is 8.75. The maximum Gasteiger partial charge on any atom is 0.437 e. The molecule has 18 heteroatoms. The Kier molecular flexibility index (Phi) is 11.3. The summed E-state index contributed by atoms with van der Waals surface area (Å²) in [6.07, 6.45) is -27.9. The topological polar surface area (TPSA) is 82.1 Å². The van der Waals surface area contributed by atoms with Gasteiger partial charge in [-0.3, -0.25) is 4.79 Å². The van der Waals surface area contributed by atoms with E-state index in [4.69, 9.17) is 9.47 Å². The summed E-state index contributed by atoms with van der Waals surface area (Å²) < 4.78 is 180. The normalized spacial score (nSPS) is 30.5. The average Bonchev–Trinajstić information content (AvgIpc) is 3.69. The van der Waals surface area contributed by atoms with Gasteiger partial charge in [0, 0.05) is 24.3 Å². The van der Waals surface area contributed by atoms with Crippen molar-refractivity contribution in [2.45, 2.75) is 113 Å². The summed E-state index contributed by atoms with van der Waals surface area (Å²) in [6.45, 7) is 7.02. The van der Waals surface area contributed by atoms with Crippen molar-refractivity contribution in [3.8, 4) is 0 Å². The molecule has 50 heavy (non-hydrogen) atoms. The van der Waals surface area contributed by atoms with Crippen molar-refractivity contribution in [1.82, 2.24) is 0 Å². The van der Waals surface area contributed by atoms with Crippen molar-refractivity contribution in [3.63, 3.8) is 0 Å². The Morgan fingerprint density at radius 2 is 1.30 bits per heavy atom. The Labute approximate surface area is 279 Å². The van der Waals surface area contributed by atoms with Crippen molar-refractivity contribution in [2.75, 3.05) is 6.61 Å². The van der Waals surface area contributed by atoms with E-state index in [1.165, 1.54) is 6.26 Å². The van der Waals surface area contributed by atoms with E-state index in [0.717, 1.165) is 0 Å². The Morgan fingerprint density at radius 3 is 1.82 bits per heavy atom. The first kappa shape index (κ1) is 40.1. The molecule has 6 nitrogen and oxygen atoms in total. The van der Waals surface area contributed by atoms with Gasteiger partial charge in [0.05, 0.1) is 12.9 Å². The van der Waals surface area contributed by atoms with E-state index in [1.54, 1.807) is 0 Å². The highest BCUT2D eigenvalue weighted by Crippen LogP contribution is 2.59. The third-order valence-corrected chi connectivity index (χ3v) is 11.3. The highest BCUT2D eigenvalue weighted by Gasteiger charge is 2.76. The number of hydrogen-bond acceptors (Lipinski definition) is 6. The maximum atomic E-state index is 14.2. The molecule has 4 aliphatic carbocycles. The van der Waals surface area contributed by atoms with Gasteiger partial charge in [-0.05, 0) is 93.3 Å². The van der Waals surface area contributed by atoms with Crippen molar-refractivity contribution in [3.05, 3.63) is 25.0 Å². The number of fused-ring (bicyclic) bond motifs is 3. The quantitative estimate of drug-likeness (QED) is 0.0934. The zero-order valence-corrected chi connectivity index (χ0v) is 26.6. The largest absolute Gasteiger partial charge is 0.502 e. The second kappa shape index (κ2) is 14.1.